The second kappa shape index (κ2) is 9.36. The van der Waals surface area contributed by atoms with Gasteiger partial charge >= 0.3 is 0 Å². The van der Waals surface area contributed by atoms with E-state index < -0.39 is 5.82 Å². The van der Waals surface area contributed by atoms with Gasteiger partial charge in [-0.15, -0.1) is 10.2 Å². The van der Waals surface area contributed by atoms with E-state index >= 15 is 0 Å². The van der Waals surface area contributed by atoms with Gasteiger partial charge < -0.3 is 11.2 Å². The van der Waals surface area contributed by atoms with Crippen LogP contribution in [-0.4, -0.2) is 26.5 Å². The Labute approximate surface area is 167 Å². The van der Waals surface area contributed by atoms with Crippen molar-refractivity contribution >= 4 is 23.4 Å². The van der Waals surface area contributed by atoms with Crippen LogP contribution in [0.25, 0.3) is 11.4 Å². The molecule has 0 radical (unpaired) electrons. The molecule has 3 aromatic rings. The molecular weight excluding hydrogens is 377 g/mol. The molecule has 0 atom stereocenters. The van der Waals surface area contributed by atoms with E-state index in [1.807, 2.05) is 24.3 Å². The van der Waals surface area contributed by atoms with E-state index in [9.17, 15) is 9.18 Å². The predicted octanol–water partition coefficient (Wildman–Crippen LogP) is 3.87. The van der Waals surface area contributed by atoms with E-state index in [1.165, 1.54) is 16.3 Å². The summed E-state index contributed by atoms with van der Waals surface area (Å²) in [6.45, 7) is 2.16. The monoisotopic (exact) mass is 399 g/mol. The van der Waals surface area contributed by atoms with E-state index in [2.05, 4.69) is 22.4 Å². The molecule has 28 heavy (non-hydrogen) atoms. The number of nitrogens with two attached hydrogens (primary N) is 1. The maximum absolute atomic E-state index is 13.9. The molecule has 3 N–H and O–H groups in total. The lowest BCUT2D eigenvalue weighted by Gasteiger charge is -2.07. The van der Waals surface area contributed by atoms with Crippen LogP contribution in [0.1, 0.15) is 25.3 Å². The Kier molecular flexibility index (Phi) is 6.65. The van der Waals surface area contributed by atoms with Gasteiger partial charge in [0, 0.05) is 5.69 Å². The maximum Gasteiger partial charge on any atom is 0.234 e. The molecule has 1 amide bonds. The number of hydrogen-bond donors (Lipinski definition) is 2. The molecule has 0 aliphatic rings. The SMILES string of the molecule is CCCCc1ccc(NC(=O)CSc2nnc(-c3ccccc3F)n2N)cc1. The summed E-state index contributed by atoms with van der Waals surface area (Å²) in [4.78, 5) is 12.2. The summed E-state index contributed by atoms with van der Waals surface area (Å²) in [6.07, 6.45) is 3.34. The third-order valence-electron chi connectivity index (χ3n) is 4.17. The number of halogens is 1. The molecule has 0 unspecified atom stereocenters. The van der Waals surface area contributed by atoms with Gasteiger partial charge in [-0.3, -0.25) is 4.79 Å². The first-order chi connectivity index (χ1) is 13.6. The van der Waals surface area contributed by atoms with Crippen molar-refractivity contribution in [2.75, 3.05) is 16.9 Å². The molecule has 0 saturated heterocycles. The van der Waals surface area contributed by atoms with Gasteiger partial charge in [-0.25, -0.2) is 9.07 Å². The van der Waals surface area contributed by atoms with Crippen LogP contribution < -0.4 is 11.2 Å². The molecule has 0 spiro atoms. The number of hydrogen-bond acceptors (Lipinski definition) is 5. The Morgan fingerprint density at radius 3 is 2.64 bits per heavy atom. The zero-order chi connectivity index (χ0) is 19.9. The number of nitrogens with one attached hydrogen (secondary N) is 1. The summed E-state index contributed by atoms with van der Waals surface area (Å²) >= 11 is 1.14. The van der Waals surface area contributed by atoms with E-state index in [0.29, 0.717) is 5.16 Å². The van der Waals surface area contributed by atoms with Crippen molar-refractivity contribution in [3.63, 3.8) is 0 Å². The van der Waals surface area contributed by atoms with Gasteiger partial charge in [0.15, 0.2) is 5.82 Å². The lowest BCUT2D eigenvalue weighted by molar-refractivity contribution is -0.113. The minimum Gasteiger partial charge on any atom is -0.335 e. The molecule has 0 saturated carbocycles. The number of benzene rings is 2. The first-order valence-electron chi connectivity index (χ1n) is 9.05. The highest BCUT2D eigenvalue weighted by molar-refractivity contribution is 7.99. The molecule has 8 heteroatoms. The van der Waals surface area contributed by atoms with Crippen LogP contribution >= 0.6 is 11.8 Å². The molecule has 1 aromatic heterocycles. The highest BCUT2D eigenvalue weighted by Gasteiger charge is 2.16. The standard InChI is InChI=1S/C20H22FN5OS/c1-2-3-6-14-9-11-15(12-10-14)23-18(27)13-28-20-25-24-19(26(20)22)16-7-4-5-8-17(16)21/h4-5,7-12H,2-3,6,13,22H2,1H3,(H,23,27). The average Bonchev–Trinajstić information content (AvgIpc) is 3.06. The van der Waals surface area contributed by atoms with Crippen LogP contribution in [0.2, 0.25) is 0 Å². The predicted molar refractivity (Wildman–Crippen MR) is 110 cm³/mol. The molecule has 0 aliphatic carbocycles. The molecule has 6 nitrogen and oxygen atoms in total. The molecule has 146 valence electrons. The van der Waals surface area contributed by atoms with Gasteiger partial charge in [-0.1, -0.05) is 49.4 Å². The summed E-state index contributed by atoms with van der Waals surface area (Å²) in [5.74, 6) is 5.69. The van der Waals surface area contributed by atoms with Gasteiger partial charge in [0.2, 0.25) is 11.1 Å². The fourth-order valence-corrected chi connectivity index (χ4v) is 3.32. The fourth-order valence-electron chi connectivity index (χ4n) is 2.66. The molecule has 0 bridgehead atoms. The van der Waals surface area contributed by atoms with Crippen LogP contribution in [0.15, 0.2) is 53.7 Å². The van der Waals surface area contributed by atoms with Crippen molar-refractivity contribution in [1.29, 1.82) is 0 Å². The zero-order valence-electron chi connectivity index (χ0n) is 15.6. The largest absolute Gasteiger partial charge is 0.335 e. The quantitative estimate of drug-likeness (QED) is 0.444. The first kappa shape index (κ1) is 19.9. The Hall–Kier alpha value is -2.87. The number of unbranched alkanes of at least 4 members (excludes halogenated alkanes) is 1. The average molecular weight is 399 g/mol. The van der Waals surface area contributed by atoms with E-state index in [4.69, 9.17) is 5.84 Å². The molecule has 2 aromatic carbocycles. The van der Waals surface area contributed by atoms with Crippen molar-refractivity contribution in [1.82, 2.24) is 14.9 Å². The van der Waals surface area contributed by atoms with Gasteiger partial charge in [0.1, 0.15) is 5.82 Å². The van der Waals surface area contributed by atoms with Crippen LogP contribution in [0, 0.1) is 5.82 Å². The highest BCUT2D eigenvalue weighted by Crippen LogP contribution is 2.23. The number of rotatable bonds is 8. The summed E-state index contributed by atoms with van der Waals surface area (Å²) < 4.78 is 15.1. The zero-order valence-corrected chi connectivity index (χ0v) is 16.4. The van der Waals surface area contributed by atoms with Crippen LogP contribution in [0.3, 0.4) is 0 Å². The molecule has 0 fully saturated rings. The van der Waals surface area contributed by atoms with Crippen molar-refractivity contribution in [3.8, 4) is 11.4 Å². The summed E-state index contributed by atoms with van der Waals surface area (Å²) in [6, 6.07) is 14.0. The number of aryl methyl sites for hydroxylation is 1. The number of carbonyl (C=O) groups is 1. The fraction of sp³-hybridized carbons (Fsp3) is 0.250. The van der Waals surface area contributed by atoms with E-state index in [-0.39, 0.29) is 23.0 Å². The summed E-state index contributed by atoms with van der Waals surface area (Å²) in [5, 5.41) is 11.1. The van der Waals surface area contributed by atoms with Crippen molar-refractivity contribution in [2.45, 2.75) is 31.3 Å². The second-order valence-corrected chi connectivity index (χ2v) is 7.24. The van der Waals surface area contributed by atoms with Gasteiger partial charge in [-0.05, 0) is 42.7 Å². The Morgan fingerprint density at radius 1 is 1.18 bits per heavy atom. The van der Waals surface area contributed by atoms with Gasteiger partial charge in [-0.2, -0.15) is 0 Å². The highest BCUT2D eigenvalue weighted by atomic mass is 32.2. The lowest BCUT2D eigenvalue weighted by Crippen LogP contribution is -2.16. The maximum atomic E-state index is 13.9. The minimum atomic E-state index is -0.432. The summed E-state index contributed by atoms with van der Waals surface area (Å²) in [7, 11) is 0. The number of aromatic nitrogens is 3. The molecular formula is C20H22FN5OS. The van der Waals surface area contributed by atoms with E-state index in [1.54, 1.807) is 18.2 Å². The van der Waals surface area contributed by atoms with Gasteiger partial charge in [0.25, 0.3) is 0 Å². The smallest absolute Gasteiger partial charge is 0.234 e. The number of anilines is 1. The third-order valence-corrected chi connectivity index (χ3v) is 5.11. The Morgan fingerprint density at radius 2 is 1.93 bits per heavy atom. The van der Waals surface area contributed by atoms with Crippen LogP contribution in [0.4, 0.5) is 10.1 Å². The normalized spacial score (nSPS) is 10.8. The lowest BCUT2D eigenvalue weighted by atomic mass is 10.1. The topological polar surface area (TPSA) is 85.8 Å². The number of nitrogens with zero attached hydrogens (tertiary/aromatic N) is 3. The molecule has 3 rings (SSSR count). The number of nitrogen functional groups attached to an aromatic ring is 1. The Balaban J connectivity index is 1.57. The van der Waals surface area contributed by atoms with Crippen molar-refractivity contribution in [2.24, 2.45) is 0 Å². The number of thioether (sulfide) groups is 1. The molecule has 0 aliphatic heterocycles. The van der Waals surface area contributed by atoms with Crippen LogP contribution in [-0.2, 0) is 11.2 Å². The second-order valence-electron chi connectivity index (χ2n) is 6.29. The van der Waals surface area contributed by atoms with Crippen LogP contribution in [0.5, 0.6) is 0 Å². The van der Waals surface area contributed by atoms with E-state index in [0.717, 1.165) is 36.7 Å². The van der Waals surface area contributed by atoms with Gasteiger partial charge in [0.05, 0.1) is 11.3 Å². The molecule has 1 heterocycles. The number of amides is 1. The summed E-state index contributed by atoms with van der Waals surface area (Å²) in [5.41, 5.74) is 2.26. The first-order valence-corrected chi connectivity index (χ1v) is 10.0. The third kappa shape index (κ3) is 4.89. The minimum absolute atomic E-state index is 0.115. The van der Waals surface area contributed by atoms with Crippen molar-refractivity contribution < 1.29 is 9.18 Å². The Bertz CT molecular complexity index is 942. The number of carbonyl (C=O) groups excluding carboxylic acids is 1. The van der Waals surface area contributed by atoms with Crippen molar-refractivity contribution in [3.05, 3.63) is 59.9 Å².